The van der Waals surface area contributed by atoms with Crippen molar-refractivity contribution in [3.8, 4) is 5.75 Å². The number of amides is 2. The standard InChI is InChI=1S/C19H27ClN2O4/c1-5-26-10-6-9-21-18(24)19(3)8-7-17(23)22(19)15-11-13(2)14(20)12-16(15)25-4/h11-12H,5-10H2,1-4H3,(H,21,24). The minimum absolute atomic E-state index is 0.100. The second kappa shape index (κ2) is 8.73. The van der Waals surface area contributed by atoms with Crippen LogP contribution in [0.3, 0.4) is 0 Å². The summed E-state index contributed by atoms with van der Waals surface area (Å²) in [5, 5.41) is 3.48. The molecule has 0 aliphatic carbocycles. The van der Waals surface area contributed by atoms with E-state index in [0.717, 1.165) is 12.0 Å². The lowest BCUT2D eigenvalue weighted by Crippen LogP contribution is -2.55. The van der Waals surface area contributed by atoms with Gasteiger partial charge in [-0.1, -0.05) is 11.6 Å². The summed E-state index contributed by atoms with van der Waals surface area (Å²) in [6.07, 6.45) is 1.49. The molecular formula is C19H27ClN2O4. The van der Waals surface area contributed by atoms with Crippen LogP contribution in [0.4, 0.5) is 5.69 Å². The Morgan fingerprint density at radius 2 is 2.15 bits per heavy atom. The van der Waals surface area contributed by atoms with Crippen molar-refractivity contribution in [3.63, 3.8) is 0 Å². The monoisotopic (exact) mass is 382 g/mol. The SMILES string of the molecule is CCOCCCNC(=O)C1(C)CCC(=O)N1c1cc(C)c(Cl)cc1OC. The molecule has 0 saturated carbocycles. The van der Waals surface area contributed by atoms with Crippen molar-refractivity contribution in [1.82, 2.24) is 5.32 Å². The van der Waals surface area contributed by atoms with Gasteiger partial charge in [0.25, 0.3) is 0 Å². The molecule has 1 aliphatic heterocycles. The van der Waals surface area contributed by atoms with Crippen molar-refractivity contribution in [2.75, 3.05) is 31.8 Å². The van der Waals surface area contributed by atoms with Gasteiger partial charge in [0.05, 0.1) is 12.8 Å². The number of hydrogen-bond acceptors (Lipinski definition) is 4. The van der Waals surface area contributed by atoms with Gasteiger partial charge in [-0.2, -0.15) is 0 Å². The summed E-state index contributed by atoms with van der Waals surface area (Å²) in [6, 6.07) is 3.48. The van der Waals surface area contributed by atoms with Crippen molar-refractivity contribution in [2.45, 2.75) is 45.6 Å². The number of benzene rings is 1. The van der Waals surface area contributed by atoms with E-state index in [1.54, 1.807) is 24.0 Å². The largest absolute Gasteiger partial charge is 0.495 e. The van der Waals surface area contributed by atoms with Crippen molar-refractivity contribution >= 4 is 29.1 Å². The van der Waals surface area contributed by atoms with Gasteiger partial charge in [0.15, 0.2) is 0 Å². The smallest absolute Gasteiger partial charge is 0.246 e. The van der Waals surface area contributed by atoms with Crippen LogP contribution < -0.4 is 15.0 Å². The lowest BCUT2D eigenvalue weighted by atomic mass is 9.96. The van der Waals surface area contributed by atoms with Gasteiger partial charge in [-0.3, -0.25) is 14.5 Å². The average Bonchev–Trinajstić information content (AvgIpc) is 2.92. The number of carbonyl (C=O) groups excluding carboxylic acids is 2. The van der Waals surface area contributed by atoms with Crippen LogP contribution in [0, 0.1) is 6.92 Å². The summed E-state index contributed by atoms with van der Waals surface area (Å²) in [4.78, 5) is 27.0. The molecule has 6 nitrogen and oxygen atoms in total. The molecule has 1 aromatic rings. The number of nitrogens with zero attached hydrogens (tertiary/aromatic N) is 1. The normalized spacial score (nSPS) is 19.7. The van der Waals surface area contributed by atoms with E-state index in [-0.39, 0.29) is 11.8 Å². The Morgan fingerprint density at radius 3 is 2.81 bits per heavy atom. The molecule has 1 heterocycles. The second-order valence-corrected chi connectivity index (χ2v) is 6.99. The van der Waals surface area contributed by atoms with E-state index < -0.39 is 5.54 Å². The number of ether oxygens (including phenoxy) is 2. The van der Waals surface area contributed by atoms with Crippen LogP contribution in [0.2, 0.25) is 5.02 Å². The molecule has 0 radical (unpaired) electrons. The van der Waals surface area contributed by atoms with E-state index >= 15 is 0 Å². The highest BCUT2D eigenvalue weighted by molar-refractivity contribution is 6.31. The maximum atomic E-state index is 12.9. The highest BCUT2D eigenvalue weighted by Crippen LogP contribution is 2.42. The molecule has 1 unspecified atom stereocenters. The van der Waals surface area contributed by atoms with E-state index in [4.69, 9.17) is 21.1 Å². The Hall–Kier alpha value is -1.79. The fraction of sp³-hybridized carbons (Fsp3) is 0.579. The van der Waals surface area contributed by atoms with Crippen molar-refractivity contribution in [2.24, 2.45) is 0 Å². The molecule has 1 aromatic carbocycles. The third kappa shape index (κ3) is 4.13. The molecular weight excluding hydrogens is 356 g/mol. The topological polar surface area (TPSA) is 67.9 Å². The van der Waals surface area contributed by atoms with Crippen molar-refractivity contribution < 1.29 is 19.1 Å². The zero-order chi connectivity index (χ0) is 19.3. The predicted octanol–water partition coefficient (Wildman–Crippen LogP) is 3.09. The third-order valence-corrected chi connectivity index (χ3v) is 5.12. The first kappa shape index (κ1) is 20.5. The van der Waals surface area contributed by atoms with Gasteiger partial charge in [0, 0.05) is 37.3 Å². The predicted molar refractivity (Wildman–Crippen MR) is 102 cm³/mol. The van der Waals surface area contributed by atoms with Gasteiger partial charge in [-0.15, -0.1) is 0 Å². The first-order valence-electron chi connectivity index (χ1n) is 8.88. The number of methoxy groups -OCH3 is 1. The van der Waals surface area contributed by atoms with Gasteiger partial charge in [0.1, 0.15) is 11.3 Å². The lowest BCUT2D eigenvalue weighted by molar-refractivity contribution is -0.127. The molecule has 144 valence electrons. The Kier molecular flexibility index (Phi) is 6.89. The molecule has 2 amide bonds. The number of aryl methyl sites for hydroxylation is 1. The van der Waals surface area contributed by atoms with E-state index in [1.807, 2.05) is 13.8 Å². The number of nitrogens with one attached hydrogen (secondary N) is 1. The molecule has 0 aromatic heterocycles. The number of rotatable bonds is 8. The van der Waals surface area contributed by atoms with Gasteiger partial charge in [0.2, 0.25) is 11.8 Å². The highest BCUT2D eigenvalue weighted by atomic mass is 35.5. The average molecular weight is 383 g/mol. The van der Waals surface area contributed by atoms with Gasteiger partial charge >= 0.3 is 0 Å². The Balaban J connectivity index is 2.25. The zero-order valence-corrected chi connectivity index (χ0v) is 16.6. The molecule has 2 rings (SSSR count). The molecule has 0 bridgehead atoms. The molecule has 1 aliphatic rings. The van der Waals surface area contributed by atoms with Crippen LogP contribution in [-0.4, -0.2) is 44.2 Å². The quantitative estimate of drug-likeness (QED) is 0.701. The summed E-state index contributed by atoms with van der Waals surface area (Å²) in [6.45, 7) is 7.34. The highest BCUT2D eigenvalue weighted by Gasteiger charge is 2.49. The number of hydrogen-bond donors (Lipinski definition) is 1. The first-order chi connectivity index (χ1) is 12.3. The summed E-state index contributed by atoms with van der Waals surface area (Å²) < 4.78 is 10.7. The molecule has 1 saturated heterocycles. The number of anilines is 1. The summed E-state index contributed by atoms with van der Waals surface area (Å²) in [5.41, 5.74) is 0.432. The lowest BCUT2D eigenvalue weighted by Gasteiger charge is -2.35. The van der Waals surface area contributed by atoms with E-state index in [9.17, 15) is 9.59 Å². The summed E-state index contributed by atoms with van der Waals surface area (Å²) in [5.74, 6) is 0.206. The Labute approximate surface area is 159 Å². The van der Waals surface area contributed by atoms with Crippen LogP contribution in [0.15, 0.2) is 12.1 Å². The summed E-state index contributed by atoms with van der Waals surface area (Å²) in [7, 11) is 1.52. The van der Waals surface area contributed by atoms with Gasteiger partial charge in [-0.25, -0.2) is 0 Å². The minimum atomic E-state index is -0.962. The third-order valence-electron chi connectivity index (χ3n) is 4.71. The molecule has 7 heteroatoms. The maximum Gasteiger partial charge on any atom is 0.246 e. The van der Waals surface area contributed by atoms with Crippen molar-refractivity contribution in [3.05, 3.63) is 22.7 Å². The van der Waals surface area contributed by atoms with E-state index in [0.29, 0.717) is 49.1 Å². The number of carbonyl (C=O) groups is 2. The summed E-state index contributed by atoms with van der Waals surface area (Å²) >= 11 is 6.18. The first-order valence-corrected chi connectivity index (χ1v) is 9.26. The van der Waals surface area contributed by atoms with Crippen LogP contribution >= 0.6 is 11.6 Å². The van der Waals surface area contributed by atoms with Crippen LogP contribution in [-0.2, 0) is 14.3 Å². The molecule has 1 N–H and O–H groups in total. The fourth-order valence-corrected chi connectivity index (χ4v) is 3.32. The molecule has 0 spiro atoms. The van der Waals surface area contributed by atoms with E-state index in [1.165, 1.54) is 7.11 Å². The van der Waals surface area contributed by atoms with Crippen LogP contribution in [0.25, 0.3) is 0 Å². The fourth-order valence-electron chi connectivity index (χ4n) is 3.16. The zero-order valence-electron chi connectivity index (χ0n) is 15.9. The second-order valence-electron chi connectivity index (χ2n) is 6.58. The van der Waals surface area contributed by atoms with Gasteiger partial charge < -0.3 is 14.8 Å². The Bertz CT molecular complexity index is 680. The van der Waals surface area contributed by atoms with Crippen LogP contribution in [0.5, 0.6) is 5.75 Å². The molecule has 1 atom stereocenters. The maximum absolute atomic E-state index is 12.9. The number of halogens is 1. The van der Waals surface area contributed by atoms with E-state index in [2.05, 4.69) is 5.32 Å². The Morgan fingerprint density at radius 1 is 1.42 bits per heavy atom. The molecule has 1 fully saturated rings. The van der Waals surface area contributed by atoms with Crippen LogP contribution in [0.1, 0.15) is 38.7 Å². The van der Waals surface area contributed by atoms with Gasteiger partial charge in [-0.05, 0) is 45.2 Å². The molecule has 26 heavy (non-hydrogen) atoms. The van der Waals surface area contributed by atoms with Crippen molar-refractivity contribution in [1.29, 1.82) is 0 Å². The minimum Gasteiger partial charge on any atom is -0.495 e.